The van der Waals surface area contributed by atoms with Crippen LogP contribution in [0.15, 0.2) is 0 Å². The van der Waals surface area contributed by atoms with E-state index in [4.69, 9.17) is 10.6 Å². The van der Waals surface area contributed by atoms with E-state index < -0.39 is 0 Å². The summed E-state index contributed by atoms with van der Waals surface area (Å²) in [6.45, 7) is 3.37. The fourth-order valence-electron chi connectivity index (χ4n) is 3.59. The van der Waals surface area contributed by atoms with Gasteiger partial charge >= 0.3 is 0 Å². The maximum atomic E-state index is 5.75. The molecule has 0 aromatic carbocycles. The second-order valence-corrected chi connectivity index (χ2v) is 6.15. The average molecular weight is 240 g/mol. The summed E-state index contributed by atoms with van der Waals surface area (Å²) in [7, 11) is 0. The molecule has 0 amide bonds. The second-order valence-electron chi connectivity index (χ2n) is 6.15. The van der Waals surface area contributed by atoms with Crippen LogP contribution in [0.4, 0.5) is 0 Å². The molecule has 17 heavy (non-hydrogen) atoms. The van der Waals surface area contributed by atoms with Crippen molar-refractivity contribution in [2.24, 2.45) is 11.3 Å². The first-order valence-electron chi connectivity index (χ1n) is 7.32. The van der Waals surface area contributed by atoms with Gasteiger partial charge in [0.1, 0.15) is 0 Å². The van der Waals surface area contributed by atoms with Gasteiger partial charge in [0.15, 0.2) is 0 Å². The fraction of sp³-hybridized carbons (Fsp3) is 1.00. The maximum absolute atomic E-state index is 5.75. The second kappa shape index (κ2) is 6.17. The van der Waals surface area contributed by atoms with Gasteiger partial charge in [-0.25, -0.2) is 0 Å². The van der Waals surface area contributed by atoms with E-state index in [-0.39, 0.29) is 0 Å². The zero-order valence-electron chi connectivity index (χ0n) is 11.2. The first-order valence-corrected chi connectivity index (χ1v) is 7.32. The van der Waals surface area contributed by atoms with Gasteiger partial charge in [-0.05, 0) is 50.4 Å². The highest BCUT2D eigenvalue weighted by Gasteiger charge is 2.36. The molecule has 100 valence electrons. The lowest BCUT2D eigenvalue weighted by Crippen LogP contribution is -2.45. The molecule has 3 heteroatoms. The van der Waals surface area contributed by atoms with Gasteiger partial charge in [0.25, 0.3) is 0 Å². The summed E-state index contributed by atoms with van der Waals surface area (Å²) in [5.74, 6) is 5.75. The van der Waals surface area contributed by atoms with Crippen molar-refractivity contribution < 1.29 is 4.74 Å². The molecule has 1 saturated heterocycles. The van der Waals surface area contributed by atoms with E-state index in [0.717, 1.165) is 6.61 Å². The van der Waals surface area contributed by atoms with Crippen molar-refractivity contribution >= 4 is 0 Å². The van der Waals surface area contributed by atoms with Crippen molar-refractivity contribution in [2.45, 2.75) is 76.9 Å². The van der Waals surface area contributed by atoms with Crippen LogP contribution in [-0.2, 0) is 4.74 Å². The molecule has 1 saturated carbocycles. The van der Waals surface area contributed by atoms with Gasteiger partial charge in [0, 0.05) is 12.6 Å². The molecule has 0 bridgehead atoms. The Kier molecular flexibility index (Phi) is 4.83. The van der Waals surface area contributed by atoms with Crippen molar-refractivity contribution in [3.63, 3.8) is 0 Å². The molecule has 0 aromatic rings. The lowest BCUT2D eigenvalue weighted by Gasteiger charge is -2.34. The number of ether oxygens (including phenoxy) is 1. The lowest BCUT2D eigenvalue weighted by atomic mass is 9.78. The van der Waals surface area contributed by atoms with Crippen molar-refractivity contribution in [1.29, 1.82) is 0 Å². The summed E-state index contributed by atoms with van der Waals surface area (Å²) in [5, 5.41) is 0. The Morgan fingerprint density at radius 3 is 2.71 bits per heavy atom. The molecular weight excluding hydrogens is 212 g/mol. The zero-order valence-corrected chi connectivity index (χ0v) is 11.2. The van der Waals surface area contributed by atoms with E-state index in [1.165, 1.54) is 57.8 Å². The third-order valence-electron chi connectivity index (χ3n) is 4.83. The number of hydrazine groups is 1. The number of rotatable bonds is 6. The van der Waals surface area contributed by atoms with Crippen LogP contribution in [-0.4, -0.2) is 18.8 Å². The van der Waals surface area contributed by atoms with Crippen LogP contribution in [0, 0.1) is 5.41 Å². The van der Waals surface area contributed by atoms with Crippen molar-refractivity contribution in [3.8, 4) is 0 Å². The van der Waals surface area contributed by atoms with Crippen LogP contribution in [0.2, 0.25) is 0 Å². The molecule has 1 aliphatic heterocycles. The predicted octanol–water partition coefficient (Wildman–Crippen LogP) is 2.75. The lowest BCUT2D eigenvalue weighted by molar-refractivity contribution is 0.0983. The summed E-state index contributed by atoms with van der Waals surface area (Å²) in [4.78, 5) is 0. The third kappa shape index (κ3) is 3.43. The van der Waals surface area contributed by atoms with Crippen LogP contribution in [0.5, 0.6) is 0 Å². The first-order chi connectivity index (χ1) is 8.24. The smallest absolute Gasteiger partial charge is 0.0576 e. The topological polar surface area (TPSA) is 47.3 Å². The molecule has 1 heterocycles. The predicted molar refractivity (Wildman–Crippen MR) is 70.5 cm³/mol. The van der Waals surface area contributed by atoms with Crippen LogP contribution >= 0.6 is 0 Å². The van der Waals surface area contributed by atoms with Crippen molar-refractivity contribution in [3.05, 3.63) is 0 Å². The maximum Gasteiger partial charge on any atom is 0.0576 e. The summed E-state index contributed by atoms with van der Waals surface area (Å²) in [6, 6.07) is 0.492. The molecule has 3 N–H and O–H groups in total. The Morgan fingerprint density at radius 2 is 2.12 bits per heavy atom. The minimum Gasteiger partial charge on any atom is -0.378 e. The Bertz CT molecular complexity index is 220. The number of hydrogen-bond donors (Lipinski definition) is 2. The molecule has 2 unspecified atom stereocenters. The van der Waals surface area contributed by atoms with Gasteiger partial charge in [0.05, 0.1) is 6.10 Å². The summed E-state index contributed by atoms with van der Waals surface area (Å²) < 4.78 is 5.67. The Labute approximate surface area is 105 Å². The molecule has 0 aromatic heterocycles. The highest BCUT2D eigenvalue weighted by molar-refractivity contribution is 4.90. The molecule has 0 spiro atoms. The van der Waals surface area contributed by atoms with Crippen molar-refractivity contribution in [1.82, 2.24) is 5.43 Å². The van der Waals surface area contributed by atoms with Gasteiger partial charge in [-0.2, -0.15) is 0 Å². The molecular formula is C14H28N2O. The van der Waals surface area contributed by atoms with E-state index >= 15 is 0 Å². The van der Waals surface area contributed by atoms with Gasteiger partial charge < -0.3 is 4.74 Å². The highest BCUT2D eigenvalue weighted by atomic mass is 16.5. The molecule has 0 radical (unpaired) electrons. The Balaban J connectivity index is 1.71. The van der Waals surface area contributed by atoms with Crippen molar-refractivity contribution in [2.75, 3.05) is 6.61 Å². The van der Waals surface area contributed by atoms with Crippen LogP contribution in [0.3, 0.4) is 0 Å². The molecule has 1 aliphatic carbocycles. The Morgan fingerprint density at radius 1 is 1.35 bits per heavy atom. The number of nitrogens with two attached hydrogens (primary N) is 1. The summed E-state index contributed by atoms with van der Waals surface area (Å²) >= 11 is 0. The van der Waals surface area contributed by atoms with Gasteiger partial charge in [-0.15, -0.1) is 0 Å². The monoisotopic (exact) mass is 240 g/mol. The SMILES string of the molecule is CC1(C(CCCC2CCCO2)NN)CCCC1. The molecule has 2 rings (SSSR count). The third-order valence-corrected chi connectivity index (χ3v) is 4.83. The number of nitrogens with one attached hydrogen (secondary N) is 1. The molecule has 2 fully saturated rings. The average Bonchev–Trinajstić information content (AvgIpc) is 2.96. The van der Waals surface area contributed by atoms with Crippen LogP contribution in [0.25, 0.3) is 0 Å². The van der Waals surface area contributed by atoms with E-state index in [2.05, 4.69) is 12.3 Å². The first kappa shape index (κ1) is 13.3. The van der Waals surface area contributed by atoms with E-state index in [9.17, 15) is 0 Å². The quantitative estimate of drug-likeness (QED) is 0.554. The van der Waals surface area contributed by atoms with E-state index in [0.29, 0.717) is 17.6 Å². The van der Waals surface area contributed by atoms with E-state index in [1.807, 2.05) is 0 Å². The van der Waals surface area contributed by atoms with Gasteiger partial charge in [-0.1, -0.05) is 19.8 Å². The minimum absolute atomic E-state index is 0.436. The summed E-state index contributed by atoms with van der Waals surface area (Å²) in [6.07, 6.45) is 12.1. The Hall–Kier alpha value is -0.120. The standard InChI is InChI=1S/C14H28N2O/c1-14(9-2-3-10-14)13(16-15)8-4-6-12-7-5-11-17-12/h12-13,16H,2-11,15H2,1H3. The highest BCUT2D eigenvalue weighted by Crippen LogP contribution is 2.41. The molecule has 3 nitrogen and oxygen atoms in total. The van der Waals surface area contributed by atoms with Gasteiger partial charge in [-0.3, -0.25) is 11.3 Å². The normalized spacial score (nSPS) is 29.6. The zero-order chi connectivity index (χ0) is 12.1. The van der Waals surface area contributed by atoms with Crippen LogP contribution in [0.1, 0.15) is 64.7 Å². The molecule has 2 aliphatic rings. The fourth-order valence-corrected chi connectivity index (χ4v) is 3.59. The van der Waals surface area contributed by atoms with Crippen LogP contribution < -0.4 is 11.3 Å². The molecule has 2 atom stereocenters. The number of hydrogen-bond acceptors (Lipinski definition) is 3. The minimum atomic E-state index is 0.436. The van der Waals surface area contributed by atoms with Gasteiger partial charge in [0.2, 0.25) is 0 Å². The summed E-state index contributed by atoms with van der Waals surface area (Å²) in [5.41, 5.74) is 3.50. The largest absolute Gasteiger partial charge is 0.378 e. The van der Waals surface area contributed by atoms with E-state index in [1.54, 1.807) is 0 Å².